The Bertz CT molecular complexity index is 512. The zero-order chi connectivity index (χ0) is 13.7. The molecule has 0 saturated heterocycles. The van der Waals surface area contributed by atoms with Crippen LogP contribution in [-0.2, 0) is 13.0 Å². The molecule has 2 aromatic rings. The van der Waals surface area contributed by atoms with Gasteiger partial charge in [-0.3, -0.25) is 5.10 Å². The summed E-state index contributed by atoms with van der Waals surface area (Å²) in [6.45, 7) is 4.88. The summed E-state index contributed by atoms with van der Waals surface area (Å²) in [4.78, 5) is 4.51. The van der Waals surface area contributed by atoms with Gasteiger partial charge in [0, 0.05) is 30.1 Å². The van der Waals surface area contributed by atoms with Gasteiger partial charge in [-0.05, 0) is 32.0 Å². The monoisotopic (exact) mass is 260 g/mol. The fourth-order valence-electron chi connectivity index (χ4n) is 1.92. The van der Waals surface area contributed by atoms with Crippen molar-refractivity contribution in [1.29, 1.82) is 0 Å². The lowest BCUT2D eigenvalue weighted by molar-refractivity contribution is 0.440. The van der Waals surface area contributed by atoms with Gasteiger partial charge in [0.2, 0.25) is 11.8 Å². The largest absolute Gasteiger partial charge is 0.419 e. The Hall–Kier alpha value is -1.88. The van der Waals surface area contributed by atoms with Crippen LogP contribution in [0.3, 0.4) is 0 Å². The van der Waals surface area contributed by atoms with Crippen molar-refractivity contribution in [2.45, 2.75) is 33.2 Å². The summed E-state index contributed by atoms with van der Waals surface area (Å²) in [5.41, 5.74) is 3.19. The zero-order valence-electron chi connectivity index (χ0n) is 11.7. The van der Waals surface area contributed by atoms with Crippen LogP contribution < -0.4 is 10.1 Å². The molecular formula is C14H20N4O. The standard InChI is InChI=1S/C14H20N4O/c1-4-5-12-7-11(9-15-3)8-13(16-12)19-14-6-10(2)17-18-14/h6-8,15H,4-5,9H2,1-3H3,(H,17,18). The number of ether oxygens (including phenoxy) is 1. The van der Waals surface area contributed by atoms with Crippen LogP contribution in [0.1, 0.15) is 30.3 Å². The third kappa shape index (κ3) is 3.79. The Morgan fingerprint density at radius 3 is 2.74 bits per heavy atom. The number of aryl methyl sites for hydroxylation is 2. The van der Waals surface area contributed by atoms with Gasteiger partial charge in [-0.25, -0.2) is 4.98 Å². The summed E-state index contributed by atoms with van der Waals surface area (Å²) in [6.07, 6.45) is 2.02. The number of nitrogens with one attached hydrogen (secondary N) is 2. The van der Waals surface area contributed by atoms with Gasteiger partial charge < -0.3 is 10.1 Å². The lowest BCUT2D eigenvalue weighted by Gasteiger charge is -2.08. The average molecular weight is 260 g/mol. The van der Waals surface area contributed by atoms with Gasteiger partial charge in [0.15, 0.2) is 0 Å². The number of pyridine rings is 1. The molecule has 0 unspecified atom stereocenters. The summed E-state index contributed by atoms with van der Waals surface area (Å²) in [5, 5.41) is 10.1. The van der Waals surface area contributed by atoms with E-state index in [0.29, 0.717) is 11.8 Å². The van der Waals surface area contributed by atoms with Gasteiger partial charge in [0.1, 0.15) is 0 Å². The molecule has 5 heteroatoms. The predicted molar refractivity (Wildman–Crippen MR) is 74.4 cm³/mol. The van der Waals surface area contributed by atoms with Crippen molar-refractivity contribution in [2.75, 3.05) is 7.05 Å². The number of rotatable bonds is 6. The number of aromatic nitrogens is 3. The van der Waals surface area contributed by atoms with E-state index < -0.39 is 0 Å². The third-order valence-electron chi connectivity index (χ3n) is 2.69. The van der Waals surface area contributed by atoms with Crippen LogP contribution in [0.15, 0.2) is 18.2 Å². The molecule has 0 spiro atoms. The van der Waals surface area contributed by atoms with Crippen LogP contribution in [0.5, 0.6) is 11.8 Å². The Balaban J connectivity index is 2.22. The molecule has 5 nitrogen and oxygen atoms in total. The second-order valence-electron chi connectivity index (χ2n) is 4.58. The van der Waals surface area contributed by atoms with E-state index in [1.54, 1.807) is 0 Å². The van der Waals surface area contributed by atoms with E-state index in [2.05, 4.69) is 33.5 Å². The molecule has 102 valence electrons. The van der Waals surface area contributed by atoms with Gasteiger partial charge in [0.25, 0.3) is 0 Å². The molecule has 2 N–H and O–H groups in total. The summed E-state index contributed by atoms with van der Waals surface area (Å²) in [7, 11) is 1.93. The van der Waals surface area contributed by atoms with Crippen LogP contribution in [0.4, 0.5) is 0 Å². The van der Waals surface area contributed by atoms with Crippen molar-refractivity contribution >= 4 is 0 Å². The molecule has 2 aromatic heterocycles. The Morgan fingerprint density at radius 1 is 1.26 bits per heavy atom. The molecule has 0 aliphatic rings. The second kappa shape index (κ2) is 6.33. The fraction of sp³-hybridized carbons (Fsp3) is 0.429. The number of H-pyrrole nitrogens is 1. The fourth-order valence-corrected chi connectivity index (χ4v) is 1.92. The first-order chi connectivity index (χ1) is 9.21. The van der Waals surface area contributed by atoms with Crippen molar-refractivity contribution in [3.63, 3.8) is 0 Å². The topological polar surface area (TPSA) is 62.8 Å². The van der Waals surface area contributed by atoms with Gasteiger partial charge in [0.05, 0.1) is 0 Å². The highest BCUT2D eigenvalue weighted by atomic mass is 16.5. The molecule has 0 radical (unpaired) electrons. The van der Waals surface area contributed by atoms with Crippen LogP contribution in [0, 0.1) is 6.92 Å². The number of nitrogens with zero attached hydrogens (tertiary/aromatic N) is 2. The normalized spacial score (nSPS) is 10.7. The molecule has 2 heterocycles. The quantitative estimate of drug-likeness (QED) is 0.838. The van der Waals surface area contributed by atoms with Gasteiger partial charge >= 0.3 is 0 Å². The van der Waals surface area contributed by atoms with Crippen LogP contribution >= 0.6 is 0 Å². The molecule has 0 atom stereocenters. The van der Waals surface area contributed by atoms with Gasteiger partial charge in [-0.1, -0.05) is 13.3 Å². The summed E-state index contributed by atoms with van der Waals surface area (Å²) in [6, 6.07) is 5.91. The first-order valence-corrected chi connectivity index (χ1v) is 6.55. The number of aromatic amines is 1. The van der Waals surface area contributed by atoms with E-state index in [9.17, 15) is 0 Å². The molecule has 0 saturated carbocycles. The van der Waals surface area contributed by atoms with Crippen molar-refractivity contribution in [3.05, 3.63) is 35.2 Å². The van der Waals surface area contributed by atoms with Crippen LogP contribution in [0.2, 0.25) is 0 Å². The SMILES string of the molecule is CCCc1cc(CNC)cc(Oc2cc(C)[nH]n2)n1. The van der Waals surface area contributed by atoms with E-state index in [0.717, 1.165) is 30.8 Å². The maximum atomic E-state index is 5.69. The Labute approximate surface area is 113 Å². The van der Waals surface area contributed by atoms with Gasteiger partial charge in [-0.2, -0.15) is 0 Å². The van der Waals surface area contributed by atoms with Crippen molar-refractivity contribution < 1.29 is 4.74 Å². The summed E-state index contributed by atoms with van der Waals surface area (Å²) in [5.74, 6) is 1.15. The molecule has 0 fully saturated rings. The molecule has 0 aliphatic heterocycles. The molecule has 2 rings (SSSR count). The maximum absolute atomic E-state index is 5.69. The minimum atomic E-state index is 0.550. The van der Waals surface area contributed by atoms with Crippen molar-refractivity contribution in [3.8, 4) is 11.8 Å². The molecule has 0 amide bonds. The highest BCUT2D eigenvalue weighted by molar-refractivity contribution is 5.28. The molecular weight excluding hydrogens is 240 g/mol. The highest BCUT2D eigenvalue weighted by Crippen LogP contribution is 2.20. The second-order valence-corrected chi connectivity index (χ2v) is 4.58. The summed E-state index contributed by atoms with van der Waals surface area (Å²) >= 11 is 0. The van der Waals surface area contributed by atoms with E-state index in [1.165, 1.54) is 5.56 Å². The third-order valence-corrected chi connectivity index (χ3v) is 2.69. The maximum Gasteiger partial charge on any atom is 0.240 e. The minimum Gasteiger partial charge on any atom is -0.419 e. The minimum absolute atomic E-state index is 0.550. The lowest BCUT2D eigenvalue weighted by Crippen LogP contribution is -2.06. The highest BCUT2D eigenvalue weighted by Gasteiger charge is 2.06. The molecule has 0 bridgehead atoms. The number of hydrogen-bond donors (Lipinski definition) is 2. The molecule has 0 aliphatic carbocycles. The first-order valence-electron chi connectivity index (χ1n) is 6.55. The first kappa shape index (κ1) is 13.5. The zero-order valence-corrected chi connectivity index (χ0v) is 11.7. The average Bonchev–Trinajstić information content (AvgIpc) is 2.75. The molecule has 19 heavy (non-hydrogen) atoms. The molecule has 0 aromatic carbocycles. The van der Waals surface area contributed by atoms with Crippen LogP contribution in [-0.4, -0.2) is 22.2 Å². The Kier molecular flexibility index (Phi) is 4.52. The Morgan fingerprint density at radius 2 is 2.11 bits per heavy atom. The smallest absolute Gasteiger partial charge is 0.240 e. The predicted octanol–water partition coefficient (Wildman–Crippen LogP) is 2.58. The van der Waals surface area contributed by atoms with Crippen molar-refractivity contribution in [1.82, 2.24) is 20.5 Å². The van der Waals surface area contributed by atoms with E-state index in [4.69, 9.17) is 4.74 Å². The number of hydrogen-bond acceptors (Lipinski definition) is 4. The van der Waals surface area contributed by atoms with Crippen LogP contribution in [0.25, 0.3) is 0 Å². The van der Waals surface area contributed by atoms with Gasteiger partial charge in [-0.15, -0.1) is 5.10 Å². The lowest BCUT2D eigenvalue weighted by atomic mass is 10.1. The van der Waals surface area contributed by atoms with E-state index >= 15 is 0 Å². The summed E-state index contributed by atoms with van der Waals surface area (Å²) < 4.78 is 5.69. The van der Waals surface area contributed by atoms with E-state index in [-0.39, 0.29) is 0 Å². The van der Waals surface area contributed by atoms with Crippen molar-refractivity contribution in [2.24, 2.45) is 0 Å². The van der Waals surface area contributed by atoms with E-state index in [1.807, 2.05) is 26.1 Å².